The van der Waals surface area contributed by atoms with Crippen LogP contribution in [0.2, 0.25) is 0 Å². The summed E-state index contributed by atoms with van der Waals surface area (Å²) in [5.41, 5.74) is 1.03. The van der Waals surface area contributed by atoms with Crippen molar-refractivity contribution in [2.45, 2.75) is 39.2 Å². The van der Waals surface area contributed by atoms with Crippen molar-refractivity contribution in [1.82, 2.24) is 9.80 Å². The molecule has 1 fully saturated rings. The van der Waals surface area contributed by atoms with Crippen LogP contribution in [0.25, 0.3) is 0 Å². The molecule has 1 aromatic rings. The van der Waals surface area contributed by atoms with Crippen LogP contribution in [-0.2, 0) is 9.53 Å². The summed E-state index contributed by atoms with van der Waals surface area (Å²) >= 11 is 0. The molecule has 132 valence electrons. The summed E-state index contributed by atoms with van der Waals surface area (Å²) in [7, 11) is 0. The Morgan fingerprint density at radius 3 is 2.33 bits per heavy atom. The molecule has 24 heavy (non-hydrogen) atoms. The molecule has 5 heteroatoms. The fourth-order valence-corrected chi connectivity index (χ4v) is 2.99. The van der Waals surface area contributed by atoms with Crippen molar-refractivity contribution >= 4 is 11.9 Å². The molecule has 1 aliphatic rings. The molecule has 5 nitrogen and oxygen atoms in total. The van der Waals surface area contributed by atoms with Crippen LogP contribution in [0.5, 0.6) is 0 Å². The summed E-state index contributed by atoms with van der Waals surface area (Å²) < 4.78 is 5.27. The predicted molar refractivity (Wildman–Crippen MR) is 93.9 cm³/mol. The number of rotatable bonds is 7. The van der Waals surface area contributed by atoms with Gasteiger partial charge in [-0.1, -0.05) is 50.6 Å². The summed E-state index contributed by atoms with van der Waals surface area (Å²) in [5.74, 6) is 0.222. The lowest BCUT2D eigenvalue weighted by molar-refractivity contribution is -0.124. The highest BCUT2D eigenvalue weighted by Gasteiger charge is 2.30. The number of carbonyl (C=O) groups is 2. The number of hydrogen-bond donors (Lipinski definition) is 0. The number of piperazine rings is 1. The number of amides is 1. The molecule has 1 amide bonds. The van der Waals surface area contributed by atoms with E-state index >= 15 is 0 Å². The van der Waals surface area contributed by atoms with Gasteiger partial charge in [0.25, 0.3) is 0 Å². The maximum atomic E-state index is 12.5. The zero-order chi connectivity index (χ0) is 17.4. The summed E-state index contributed by atoms with van der Waals surface area (Å²) in [6.45, 7) is 7.04. The van der Waals surface area contributed by atoms with E-state index in [0.717, 1.165) is 18.4 Å². The highest BCUT2D eigenvalue weighted by Crippen LogP contribution is 2.24. The van der Waals surface area contributed by atoms with E-state index in [-0.39, 0.29) is 17.9 Å². The normalized spacial score (nSPS) is 16.7. The fraction of sp³-hybridized carbons (Fsp3) is 0.579. The number of Topliss-reactive ketones (excluding diaryl/α,β-unsaturated/α-hetero) is 1. The summed E-state index contributed by atoms with van der Waals surface area (Å²) in [4.78, 5) is 28.4. The minimum Gasteiger partial charge on any atom is -0.449 e. The third kappa shape index (κ3) is 4.81. The molecular formula is C19H28N2O3. The molecule has 2 rings (SSSR count). The average Bonchev–Trinajstić information content (AvgIpc) is 2.63. The van der Waals surface area contributed by atoms with Crippen LogP contribution in [0.4, 0.5) is 4.79 Å². The molecule has 0 aromatic heterocycles. The van der Waals surface area contributed by atoms with Crippen molar-refractivity contribution in [3.05, 3.63) is 35.9 Å². The van der Waals surface area contributed by atoms with E-state index in [1.54, 1.807) is 4.90 Å². The largest absolute Gasteiger partial charge is 0.449 e. The maximum Gasteiger partial charge on any atom is 0.409 e. The van der Waals surface area contributed by atoms with E-state index in [1.165, 1.54) is 0 Å². The molecule has 1 aromatic carbocycles. The smallest absolute Gasteiger partial charge is 0.409 e. The SMILES string of the molecule is CCCCOC(=O)N1CCN([C@@H](C(=O)CC)c2ccccc2)CC1. The number of carbonyl (C=O) groups excluding carboxylic acids is 2. The van der Waals surface area contributed by atoms with Crippen LogP contribution in [0, 0.1) is 0 Å². The van der Waals surface area contributed by atoms with Crippen LogP contribution < -0.4 is 0 Å². The average molecular weight is 332 g/mol. The fourth-order valence-electron chi connectivity index (χ4n) is 2.99. The highest BCUT2D eigenvalue weighted by molar-refractivity contribution is 5.85. The van der Waals surface area contributed by atoms with Gasteiger partial charge in [-0.15, -0.1) is 0 Å². The van der Waals surface area contributed by atoms with Crippen molar-refractivity contribution in [3.63, 3.8) is 0 Å². The maximum absolute atomic E-state index is 12.5. The Kier molecular flexibility index (Phi) is 7.25. The molecule has 0 unspecified atom stereocenters. The molecule has 1 saturated heterocycles. The Hall–Kier alpha value is -1.88. The number of ketones is 1. The van der Waals surface area contributed by atoms with Gasteiger partial charge in [-0.25, -0.2) is 4.79 Å². The molecule has 1 heterocycles. The zero-order valence-electron chi connectivity index (χ0n) is 14.7. The molecule has 0 N–H and O–H groups in total. The first-order valence-corrected chi connectivity index (χ1v) is 8.90. The molecule has 1 aliphatic heterocycles. The number of unbranched alkanes of at least 4 members (excludes halogenated alkanes) is 1. The van der Waals surface area contributed by atoms with Crippen LogP contribution in [-0.4, -0.2) is 54.5 Å². The lowest BCUT2D eigenvalue weighted by atomic mass is 9.98. The number of ether oxygens (including phenoxy) is 1. The molecule has 0 spiro atoms. The molecule has 1 atom stereocenters. The summed E-state index contributed by atoms with van der Waals surface area (Å²) in [6.07, 6.45) is 2.19. The van der Waals surface area contributed by atoms with E-state index in [1.807, 2.05) is 37.3 Å². The second kappa shape index (κ2) is 9.42. The summed E-state index contributed by atoms with van der Waals surface area (Å²) in [6, 6.07) is 9.68. The predicted octanol–water partition coefficient (Wildman–Crippen LogP) is 3.26. The highest BCUT2D eigenvalue weighted by atomic mass is 16.6. The van der Waals surface area contributed by atoms with Crippen LogP contribution in [0.1, 0.15) is 44.7 Å². The van der Waals surface area contributed by atoms with Gasteiger partial charge in [0.1, 0.15) is 0 Å². The zero-order valence-corrected chi connectivity index (χ0v) is 14.7. The Bertz CT molecular complexity index is 525. The van der Waals surface area contributed by atoms with Gasteiger partial charge < -0.3 is 9.64 Å². The van der Waals surface area contributed by atoms with E-state index in [9.17, 15) is 9.59 Å². The van der Waals surface area contributed by atoms with Gasteiger partial charge in [0, 0.05) is 32.6 Å². The standard InChI is InChI=1S/C19H28N2O3/c1-3-5-15-24-19(23)21-13-11-20(12-14-21)18(17(22)4-2)16-9-7-6-8-10-16/h6-10,18H,3-5,11-15H2,1-2H3/t18-/m1/s1. The Morgan fingerprint density at radius 1 is 1.08 bits per heavy atom. The van der Waals surface area contributed by atoms with Gasteiger partial charge in [-0.05, 0) is 12.0 Å². The Labute approximate surface area is 144 Å². The van der Waals surface area contributed by atoms with Gasteiger partial charge in [-0.2, -0.15) is 0 Å². The summed E-state index contributed by atoms with van der Waals surface area (Å²) in [5, 5.41) is 0. The molecular weight excluding hydrogens is 304 g/mol. The van der Waals surface area contributed by atoms with Crippen molar-refractivity contribution in [2.24, 2.45) is 0 Å². The molecule has 0 radical (unpaired) electrons. The van der Waals surface area contributed by atoms with Crippen molar-refractivity contribution in [1.29, 1.82) is 0 Å². The second-order valence-electron chi connectivity index (χ2n) is 6.12. The molecule has 0 aliphatic carbocycles. The third-order valence-electron chi connectivity index (χ3n) is 4.43. The first-order chi connectivity index (χ1) is 11.7. The number of hydrogen-bond acceptors (Lipinski definition) is 4. The van der Waals surface area contributed by atoms with E-state index in [0.29, 0.717) is 39.2 Å². The Morgan fingerprint density at radius 2 is 1.75 bits per heavy atom. The number of benzene rings is 1. The molecule has 0 bridgehead atoms. The lowest BCUT2D eigenvalue weighted by Gasteiger charge is -2.38. The van der Waals surface area contributed by atoms with Gasteiger partial charge in [0.05, 0.1) is 12.6 Å². The van der Waals surface area contributed by atoms with E-state index < -0.39 is 0 Å². The van der Waals surface area contributed by atoms with Gasteiger partial charge >= 0.3 is 6.09 Å². The second-order valence-corrected chi connectivity index (χ2v) is 6.12. The number of nitrogens with zero attached hydrogens (tertiary/aromatic N) is 2. The van der Waals surface area contributed by atoms with Crippen molar-refractivity contribution in [3.8, 4) is 0 Å². The minimum absolute atomic E-state index is 0.213. The van der Waals surface area contributed by atoms with Gasteiger partial charge in [-0.3, -0.25) is 9.69 Å². The minimum atomic E-state index is -0.235. The Balaban J connectivity index is 1.95. The first-order valence-electron chi connectivity index (χ1n) is 8.90. The van der Waals surface area contributed by atoms with E-state index in [4.69, 9.17) is 4.74 Å². The lowest BCUT2D eigenvalue weighted by Crippen LogP contribution is -2.51. The van der Waals surface area contributed by atoms with Crippen LogP contribution in [0.3, 0.4) is 0 Å². The van der Waals surface area contributed by atoms with Crippen molar-refractivity contribution in [2.75, 3.05) is 32.8 Å². The topological polar surface area (TPSA) is 49.9 Å². The van der Waals surface area contributed by atoms with Crippen LogP contribution >= 0.6 is 0 Å². The van der Waals surface area contributed by atoms with E-state index in [2.05, 4.69) is 11.8 Å². The quantitative estimate of drug-likeness (QED) is 0.719. The van der Waals surface area contributed by atoms with Crippen LogP contribution in [0.15, 0.2) is 30.3 Å². The van der Waals surface area contributed by atoms with Gasteiger partial charge in [0.15, 0.2) is 5.78 Å². The molecule has 0 saturated carbocycles. The third-order valence-corrected chi connectivity index (χ3v) is 4.43. The van der Waals surface area contributed by atoms with Crippen molar-refractivity contribution < 1.29 is 14.3 Å². The monoisotopic (exact) mass is 332 g/mol. The first kappa shape index (κ1) is 18.5. The van der Waals surface area contributed by atoms with Gasteiger partial charge in [0.2, 0.25) is 0 Å².